The van der Waals surface area contributed by atoms with Gasteiger partial charge in [0.1, 0.15) is 0 Å². The number of hydrogen-bond acceptors (Lipinski definition) is 3. The van der Waals surface area contributed by atoms with Crippen LogP contribution in [0.4, 0.5) is 0 Å². The summed E-state index contributed by atoms with van der Waals surface area (Å²) in [5.74, 6) is -0.0580. The maximum absolute atomic E-state index is 11.6. The third kappa shape index (κ3) is 2.86. The second-order valence-electron chi connectivity index (χ2n) is 4.93. The van der Waals surface area contributed by atoms with Crippen LogP contribution in [0.3, 0.4) is 0 Å². The first-order chi connectivity index (χ1) is 8.16. The molecule has 0 spiro atoms. The van der Waals surface area contributed by atoms with E-state index in [4.69, 9.17) is 4.74 Å². The Morgan fingerprint density at radius 1 is 1.35 bits per heavy atom. The van der Waals surface area contributed by atoms with E-state index in [0.717, 1.165) is 25.9 Å². The Morgan fingerprint density at radius 3 is 2.53 bits per heavy atom. The van der Waals surface area contributed by atoms with Gasteiger partial charge in [-0.05, 0) is 25.5 Å². The molecule has 92 valence electrons. The molecule has 0 amide bonds. The van der Waals surface area contributed by atoms with E-state index in [2.05, 4.69) is 24.1 Å². The molecule has 1 aliphatic rings. The molecule has 0 unspecified atom stereocenters. The van der Waals surface area contributed by atoms with Crippen LogP contribution in [0.1, 0.15) is 18.4 Å². The number of esters is 1. The minimum Gasteiger partial charge on any atom is -0.469 e. The van der Waals surface area contributed by atoms with Crippen molar-refractivity contribution in [3.63, 3.8) is 0 Å². The number of ether oxygens (including phenoxy) is 1. The number of methoxy groups -OCH3 is 1. The summed E-state index contributed by atoms with van der Waals surface area (Å²) in [4.78, 5) is 13.8. The molecule has 3 heteroatoms. The van der Waals surface area contributed by atoms with Crippen molar-refractivity contribution >= 4 is 5.97 Å². The van der Waals surface area contributed by atoms with Crippen molar-refractivity contribution in [1.29, 1.82) is 0 Å². The maximum Gasteiger partial charge on any atom is 0.313 e. The van der Waals surface area contributed by atoms with Crippen LogP contribution >= 0.6 is 0 Å². The first kappa shape index (κ1) is 12.1. The van der Waals surface area contributed by atoms with Gasteiger partial charge in [0.25, 0.3) is 0 Å². The summed E-state index contributed by atoms with van der Waals surface area (Å²) in [6.07, 6.45) is 1.91. The number of hydrogen-bond donors (Lipinski definition) is 0. The van der Waals surface area contributed by atoms with Gasteiger partial charge < -0.3 is 9.64 Å². The zero-order valence-corrected chi connectivity index (χ0v) is 10.5. The van der Waals surface area contributed by atoms with Crippen molar-refractivity contribution in [3.8, 4) is 0 Å². The lowest BCUT2D eigenvalue weighted by molar-refractivity contribution is -0.147. The summed E-state index contributed by atoms with van der Waals surface area (Å²) in [6.45, 7) is 1.66. The summed E-state index contributed by atoms with van der Waals surface area (Å²) < 4.78 is 4.86. The zero-order valence-electron chi connectivity index (χ0n) is 10.5. The van der Waals surface area contributed by atoms with Crippen molar-refractivity contribution in [3.05, 3.63) is 35.9 Å². The molecule has 0 atom stereocenters. The van der Waals surface area contributed by atoms with Gasteiger partial charge in [0.2, 0.25) is 0 Å². The molecule has 1 aromatic rings. The molecule has 1 fully saturated rings. The van der Waals surface area contributed by atoms with Crippen LogP contribution in [0, 0.1) is 5.41 Å². The molecule has 17 heavy (non-hydrogen) atoms. The summed E-state index contributed by atoms with van der Waals surface area (Å²) in [5.41, 5.74) is 1.05. The second-order valence-corrected chi connectivity index (χ2v) is 4.93. The highest BCUT2D eigenvalue weighted by Crippen LogP contribution is 2.47. The smallest absolute Gasteiger partial charge is 0.313 e. The van der Waals surface area contributed by atoms with E-state index in [1.807, 2.05) is 18.2 Å². The van der Waals surface area contributed by atoms with Crippen LogP contribution in [0.25, 0.3) is 0 Å². The molecular formula is C14H19NO2. The molecule has 2 rings (SSSR count). The van der Waals surface area contributed by atoms with E-state index in [9.17, 15) is 4.79 Å². The predicted molar refractivity (Wildman–Crippen MR) is 66.5 cm³/mol. The van der Waals surface area contributed by atoms with Crippen LogP contribution in [0.5, 0.6) is 0 Å². The first-order valence-electron chi connectivity index (χ1n) is 5.97. The Bertz CT molecular complexity index is 384. The fourth-order valence-electron chi connectivity index (χ4n) is 2.26. The number of nitrogens with zero attached hydrogens (tertiary/aromatic N) is 1. The molecule has 3 nitrogen and oxygen atoms in total. The van der Waals surface area contributed by atoms with Gasteiger partial charge in [0.15, 0.2) is 0 Å². The highest BCUT2D eigenvalue weighted by atomic mass is 16.5. The molecule has 1 saturated carbocycles. The van der Waals surface area contributed by atoms with E-state index in [-0.39, 0.29) is 11.4 Å². The third-order valence-corrected chi connectivity index (χ3v) is 3.34. The molecule has 0 saturated heterocycles. The topological polar surface area (TPSA) is 29.5 Å². The lowest BCUT2D eigenvalue weighted by Crippen LogP contribution is -2.32. The van der Waals surface area contributed by atoms with E-state index < -0.39 is 0 Å². The fraction of sp³-hybridized carbons (Fsp3) is 0.500. The van der Waals surface area contributed by atoms with Gasteiger partial charge in [0.05, 0.1) is 12.5 Å². The normalized spacial score (nSPS) is 16.9. The van der Waals surface area contributed by atoms with E-state index in [0.29, 0.717) is 0 Å². The summed E-state index contributed by atoms with van der Waals surface area (Å²) in [6, 6.07) is 10.3. The monoisotopic (exact) mass is 233 g/mol. The van der Waals surface area contributed by atoms with Crippen molar-refractivity contribution < 1.29 is 9.53 Å². The average molecular weight is 233 g/mol. The van der Waals surface area contributed by atoms with Crippen LogP contribution < -0.4 is 0 Å². The van der Waals surface area contributed by atoms with E-state index >= 15 is 0 Å². The number of carbonyl (C=O) groups is 1. The number of carbonyl (C=O) groups excluding carboxylic acids is 1. The van der Waals surface area contributed by atoms with Gasteiger partial charge in [-0.1, -0.05) is 30.3 Å². The van der Waals surface area contributed by atoms with Crippen molar-refractivity contribution in [2.24, 2.45) is 5.41 Å². The third-order valence-electron chi connectivity index (χ3n) is 3.34. The molecule has 1 aromatic carbocycles. The molecule has 0 bridgehead atoms. The SMILES string of the molecule is COC(=O)C1(CN(C)Cc2ccccc2)CC1. The Labute approximate surface area is 102 Å². The molecule has 0 aromatic heterocycles. The molecular weight excluding hydrogens is 214 g/mol. The van der Waals surface area contributed by atoms with Crippen LogP contribution in [-0.4, -0.2) is 31.6 Å². The van der Waals surface area contributed by atoms with Crippen LogP contribution in [0.15, 0.2) is 30.3 Å². The summed E-state index contributed by atoms with van der Waals surface area (Å²) in [5, 5.41) is 0. The Morgan fingerprint density at radius 2 is 2.00 bits per heavy atom. The van der Waals surface area contributed by atoms with Crippen molar-refractivity contribution in [2.75, 3.05) is 20.7 Å². The number of rotatable bonds is 5. The molecule has 0 radical (unpaired) electrons. The van der Waals surface area contributed by atoms with Gasteiger partial charge in [-0.25, -0.2) is 0 Å². The Kier molecular flexibility index (Phi) is 3.48. The van der Waals surface area contributed by atoms with Gasteiger partial charge in [-0.3, -0.25) is 4.79 Å². The van der Waals surface area contributed by atoms with Gasteiger partial charge in [0, 0.05) is 13.1 Å². The number of benzene rings is 1. The quantitative estimate of drug-likeness (QED) is 0.729. The molecule has 0 heterocycles. The average Bonchev–Trinajstić information content (AvgIpc) is 3.10. The van der Waals surface area contributed by atoms with Gasteiger partial charge in [-0.15, -0.1) is 0 Å². The summed E-state index contributed by atoms with van der Waals surface area (Å²) >= 11 is 0. The van der Waals surface area contributed by atoms with Crippen LogP contribution in [-0.2, 0) is 16.1 Å². The Balaban J connectivity index is 1.90. The van der Waals surface area contributed by atoms with Gasteiger partial charge in [-0.2, -0.15) is 0 Å². The fourth-order valence-corrected chi connectivity index (χ4v) is 2.26. The summed E-state index contributed by atoms with van der Waals surface area (Å²) in [7, 11) is 3.52. The minimum absolute atomic E-state index is 0.0580. The minimum atomic E-state index is -0.224. The Hall–Kier alpha value is -1.35. The molecule has 1 aliphatic carbocycles. The lowest BCUT2D eigenvalue weighted by Gasteiger charge is -2.22. The predicted octanol–water partition coefficient (Wildman–Crippen LogP) is 2.07. The first-order valence-corrected chi connectivity index (χ1v) is 5.97. The highest BCUT2D eigenvalue weighted by Gasteiger charge is 2.51. The second kappa shape index (κ2) is 4.88. The van der Waals surface area contributed by atoms with E-state index in [1.54, 1.807) is 0 Å². The van der Waals surface area contributed by atoms with Crippen molar-refractivity contribution in [1.82, 2.24) is 4.90 Å². The van der Waals surface area contributed by atoms with E-state index in [1.165, 1.54) is 12.7 Å². The van der Waals surface area contributed by atoms with Crippen molar-refractivity contribution in [2.45, 2.75) is 19.4 Å². The van der Waals surface area contributed by atoms with Crippen LogP contribution in [0.2, 0.25) is 0 Å². The van der Waals surface area contributed by atoms with Gasteiger partial charge >= 0.3 is 5.97 Å². The maximum atomic E-state index is 11.6. The highest BCUT2D eigenvalue weighted by molar-refractivity contribution is 5.80. The standard InChI is InChI=1S/C14H19NO2/c1-15(10-12-6-4-3-5-7-12)11-14(8-9-14)13(16)17-2/h3-7H,8-11H2,1-2H3. The largest absolute Gasteiger partial charge is 0.469 e. The molecule has 0 N–H and O–H groups in total. The zero-order chi connectivity index (χ0) is 12.3. The lowest BCUT2D eigenvalue weighted by atomic mass is 10.1. The molecule has 0 aliphatic heterocycles.